The Bertz CT molecular complexity index is 526. The van der Waals surface area contributed by atoms with Gasteiger partial charge in [0.25, 0.3) is 0 Å². The zero-order valence-electron chi connectivity index (χ0n) is 12.2. The molecule has 0 aromatic carbocycles. The molecule has 1 aliphatic rings. The fourth-order valence-electron chi connectivity index (χ4n) is 2.54. The molecular weight excluding hydrogens is 301 g/mol. The van der Waals surface area contributed by atoms with Crippen molar-refractivity contribution in [3.63, 3.8) is 0 Å². The van der Waals surface area contributed by atoms with Crippen LogP contribution in [0, 0.1) is 0 Å². The summed E-state index contributed by atoms with van der Waals surface area (Å²) in [5.74, 6) is -0.838. The summed E-state index contributed by atoms with van der Waals surface area (Å²) < 4.78 is 40.9. The number of aryl methyl sites for hydroxylation is 1. The largest absolute Gasteiger partial charge is 0.424 e. The highest BCUT2D eigenvalue weighted by atomic mass is 19.4. The summed E-state index contributed by atoms with van der Waals surface area (Å²) in [4.78, 5) is 15.4. The van der Waals surface area contributed by atoms with Gasteiger partial charge in [-0.2, -0.15) is 13.2 Å². The van der Waals surface area contributed by atoms with Gasteiger partial charge < -0.3 is 20.3 Å². The quantitative estimate of drug-likeness (QED) is 0.735. The van der Waals surface area contributed by atoms with Crippen LogP contribution < -0.4 is 10.6 Å². The Labute approximate surface area is 125 Å². The van der Waals surface area contributed by atoms with Crippen LogP contribution in [0.5, 0.6) is 0 Å². The molecule has 124 valence electrons. The van der Waals surface area contributed by atoms with E-state index in [1.54, 1.807) is 0 Å². The van der Waals surface area contributed by atoms with Gasteiger partial charge in [0, 0.05) is 32.4 Å². The Morgan fingerprint density at radius 2 is 2.32 bits per heavy atom. The highest BCUT2D eigenvalue weighted by molar-refractivity contribution is 5.81. The molecule has 0 bridgehead atoms. The van der Waals surface area contributed by atoms with E-state index in [1.807, 2.05) is 0 Å². The van der Waals surface area contributed by atoms with Gasteiger partial charge in [-0.3, -0.25) is 4.79 Å². The molecule has 2 heterocycles. The smallest absolute Gasteiger partial charge is 0.374 e. The molecule has 1 amide bonds. The van der Waals surface area contributed by atoms with Crippen molar-refractivity contribution >= 4 is 5.91 Å². The average Bonchev–Trinajstić information content (AvgIpc) is 3.07. The molecule has 1 fully saturated rings. The van der Waals surface area contributed by atoms with Crippen molar-refractivity contribution in [2.24, 2.45) is 7.05 Å². The van der Waals surface area contributed by atoms with Crippen LogP contribution in [0.1, 0.15) is 25.1 Å². The van der Waals surface area contributed by atoms with E-state index in [0.717, 1.165) is 17.5 Å². The first-order valence-electron chi connectivity index (χ1n) is 7.04. The van der Waals surface area contributed by atoms with E-state index >= 15 is 0 Å². The number of imidazole rings is 1. The maximum Gasteiger partial charge on any atom is 0.424 e. The highest BCUT2D eigenvalue weighted by Crippen LogP contribution is 2.40. The number of hydrogen-bond acceptors (Lipinski definition) is 4. The number of carbonyl (C=O) groups excluding carboxylic acids is 1. The van der Waals surface area contributed by atoms with E-state index in [9.17, 15) is 23.1 Å². The Hall–Kier alpha value is -1.61. The minimum Gasteiger partial charge on any atom is -0.374 e. The van der Waals surface area contributed by atoms with Gasteiger partial charge in [0.05, 0.1) is 6.04 Å². The molecular formula is C13H19F3N4O2. The summed E-state index contributed by atoms with van der Waals surface area (Å²) >= 11 is 0. The van der Waals surface area contributed by atoms with E-state index in [-0.39, 0.29) is 18.5 Å². The van der Waals surface area contributed by atoms with E-state index in [0.29, 0.717) is 6.42 Å². The lowest BCUT2D eigenvalue weighted by Gasteiger charge is -2.30. The zero-order valence-corrected chi connectivity index (χ0v) is 12.2. The maximum absolute atomic E-state index is 13.2. The number of nitrogens with zero attached hydrogens (tertiary/aromatic N) is 2. The molecule has 22 heavy (non-hydrogen) atoms. The molecule has 2 atom stereocenters. The molecule has 1 unspecified atom stereocenters. The highest BCUT2D eigenvalue weighted by Gasteiger charge is 2.57. The molecule has 3 N–H and O–H groups in total. The number of aromatic nitrogens is 2. The van der Waals surface area contributed by atoms with Crippen molar-refractivity contribution in [1.29, 1.82) is 0 Å². The van der Waals surface area contributed by atoms with Crippen LogP contribution in [-0.2, 0) is 17.4 Å². The molecule has 6 nitrogen and oxygen atoms in total. The van der Waals surface area contributed by atoms with Crippen LogP contribution in [0.15, 0.2) is 12.4 Å². The average molecular weight is 320 g/mol. The van der Waals surface area contributed by atoms with Crippen LogP contribution >= 0.6 is 0 Å². The van der Waals surface area contributed by atoms with Gasteiger partial charge in [-0.1, -0.05) is 0 Å². The Morgan fingerprint density at radius 3 is 2.82 bits per heavy atom. The molecule has 1 aromatic heterocycles. The molecule has 0 radical (unpaired) electrons. The van der Waals surface area contributed by atoms with Gasteiger partial charge in [0.2, 0.25) is 11.5 Å². The monoisotopic (exact) mass is 320 g/mol. The lowest BCUT2D eigenvalue weighted by atomic mass is 9.97. The van der Waals surface area contributed by atoms with E-state index in [2.05, 4.69) is 15.6 Å². The third-order valence-electron chi connectivity index (χ3n) is 3.82. The Kier molecular flexibility index (Phi) is 4.76. The van der Waals surface area contributed by atoms with Crippen LogP contribution in [0.4, 0.5) is 13.2 Å². The number of nitrogens with one attached hydrogen (secondary N) is 2. The SMILES string of the molecule is Cn1ccnc1C(O)(CCNC(=O)[C@@H]1CCCN1)C(F)(F)F. The number of amides is 1. The summed E-state index contributed by atoms with van der Waals surface area (Å²) in [5, 5.41) is 15.5. The first-order chi connectivity index (χ1) is 10.3. The van der Waals surface area contributed by atoms with Crippen molar-refractivity contribution in [1.82, 2.24) is 20.2 Å². The van der Waals surface area contributed by atoms with Gasteiger partial charge in [0.1, 0.15) is 5.82 Å². The first-order valence-corrected chi connectivity index (χ1v) is 7.04. The molecule has 1 aliphatic heterocycles. The topological polar surface area (TPSA) is 79.2 Å². The summed E-state index contributed by atoms with van der Waals surface area (Å²) in [6.45, 7) is 0.428. The van der Waals surface area contributed by atoms with Crippen molar-refractivity contribution in [2.75, 3.05) is 13.1 Å². The molecule has 1 aromatic rings. The summed E-state index contributed by atoms with van der Waals surface area (Å²) in [6.07, 6.45) is -1.55. The van der Waals surface area contributed by atoms with Crippen LogP contribution in [0.3, 0.4) is 0 Å². The Morgan fingerprint density at radius 1 is 1.59 bits per heavy atom. The number of halogens is 3. The predicted octanol–water partition coefficient (Wildman–Crippen LogP) is 0.428. The zero-order chi connectivity index (χ0) is 16.4. The molecule has 0 spiro atoms. The summed E-state index contributed by atoms with van der Waals surface area (Å²) in [7, 11) is 1.38. The lowest BCUT2D eigenvalue weighted by molar-refractivity contribution is -0.272. The van der Waals surface area contributed by atoms with Crippen molar-refractivity contribution in [3.8, 4) is 0 Å². The predicted molar refractivity (Wildman–Crippen MR) is 71.8 cm³/mol. The van der Waals surface area contributed by atoms with Gasteiger partial charge in [-0.15, -0.1) is 0 Å². The van der Waals surface area contributed by atoms with Crippen LogP contribution in [-0.4, -0.2) is 45.9 Å². The van der Waals surface area contributed by atoms with E-state index < -0.39 is 24.0 Å². The van der Waals surface area contributed by atoms with Gasteiger partial charge >= 0.3 is 6.18 Å². The number of rotatable bonds is 5. The van der Waals surface area contributed by atoms with Crippen molar-refractivity contribution < 1.29 is 23.1 Å². The Balaban J connectivity index is 2.02. The van der Waals surface area contributed by atoms with E-state index in [1.165, 1.54) is 19.4 Å². The molecule has 2 rings (SSSR count). The number of aliphatic hydroxyl groups is 1. The van der Waals surface area contributed by atoms with Crippen molar-refractivity contribution in [2.45, 2.75) is 37.1 Å². The number of hydrogen-bond donors (Lipinski definition) is 3. The van der Waals surface area contributed by atoms with Crippen molar-refractivity contribution in [3.05, 3.63) is 18.2 Å². The number of carbonyl (C=O) groups is 1. The standard InChI is InChI=1S/C13H19F3N4O2/c1-20-8-7-19-11(20)12(22,13(14,15)16)4-6-18-10(21)9-3-2-5-17-9/h7-9,17,22H,2-6H2,1H3,(H,18,21)/t9-,12?/m0/s1. The van der Waals surface area contributed by atoms with E-state index in [4.69, 9.17) is 0 Å². The lowest BCUT2D eigenvalue weighted by Crippen LogP contribution is -2.48. The molecule has 1 saturated heterocycles. The fourth-order valence-corrected chi connectivity index (χ4v) is 2.54. The van der Waals surface area contributed by atoms with Gasteiger partial charge in [0.15, 0.2) is 0 Å². The molecule has 9 heteroatoms. The van der Waals surface area contributed by atoms with Crippen LogP contribution in [0.25, 0.3) is 0 Å². The minimum atomic E-state index is -4.89. The van der Waals surface area contributed by atoms with Crippen LogP contribution in [0.2, 0.25) is 0 Å². The second-order valence-corrected chi connectivity index (χ2v) is 5.41. The second kappa shape index (κ2) is 6.25. The summed E-state index contributed by atoms with van der Waals surface area (Å²) in [6, 6.07) is -0.368. The third-order valence-corrected chi connectivity index (χ3v) is 3.82. The normalized spacial score (nSPS) is 21.6. The minimum absolute atomic E-state index is 0.292. The maximum atomic E-state index is 13.2. The molecule has 0 aliphatic carbocycles. The van der Waals surface area contributed by atoms with Gasteiger partial charge in [-0.25, -0.2) is 4.98 Å². The first kappa shape index (κ1) is 16.8. The summed E-state index contributed by atoms with van der Waals surface area (Å²) in [5.41, 5.74) is -3.10. The second-order valence-electron chi connectivity index (χ2n) is 5.41. The van der Waals surface area contributed by atoms with Gasteiger partial charge in [-0.05, 0) is 19.4 Å². The third kappa shape index (κ3) is 3.25. The molecule has 0 saturated carbocycles. The number of alkyl halides is 3. The fraction of sp³-hybridized carbons (Fsp3) is 0.692.